The lowest BCUT2D eigenvalue weighted by Crippen LogP contribution is -2.30. The number of ether oxygens (including phenoxy) is 3. The highest BCUT2D eigenvalue weighted by Crippen LogP contribution is 2.17. The maximum atomic E-state index is 12.9. The van der Waals surface area contributed by atoms with Gasteiger partial charge in [-0.05, 0) is 103 Å². The Balaban J connectivity index is 4.35. The van der Waals surface area contributed by atoms with E-state index in [9.17, 15) is 14.4 Å². The van der Waals surface area contributed by atoms with E-state index < -0.39 is 6.10 Å². The Morgan fingerprint density at radius 2 is 0.468 bits per heavy atom. The highest BCUT2D eigenvalue weighted by molar-refractivity contribution is 5.71. The van der Waals surface area contributed by atoms with Crippen molar-refractivity contribution in [2.24, 2.45) is 0 Å². The third kappa shape index (κ3) is 64.1. The summed E-state index contributed by atoms with van der Waals surface area (Å²) in [6, 6.07) is 0. The van der Waals surface area contributed by atoms with Gasteiger partial charge in [0.2, 0.25) is 0 Å². The third-order valence-corrected chi connectivity index (χ3v) is 15.3. The first-order valence-corrected chi connectivity index (χ1v) is 34.1. The van der Waals surface area contributed by atoms with E-state index in [0.717, 1.165) is 64.2 Å². The number of carbonyl (C=O) groups excluding carboxylic acids is 3. The molecule has 0 aliphatic heterocycles. The first-order valence-electron chi connectivity index (χ1n) is 34.1. The number of rotatable bonds is 63. The normalized spacial score (nSPS) is 12.3. The monoisotopic (exact) mass is 1080 g/mol. The summed E-state index contributed by atoms with van der Waals surface area (Å²) in [4.78, 5) is 38.4. The van der Waals surface area contributed by atoms with Crippen molar-refractivity contribution in [2.45, 2.75) is 374 Å². The number of unbranched alkanes of at least 4 members (excludes halogenated alkanes) is 44. The van der Waals surface area contributed by atoms with Crippen molar-refractivity contribution in [3.05, 3.63) is 48.6 Å². The molecule has 0 N–H and O–H groups in total. The van der Waals surface area contributed by atoms with E-state index in [2.05, 4.69) is 69.4 Å². The molecule has 0 rings (SSSR count). The lowest BCUT2D eigenvalue weighted by molar-refractivity contribution is -0.167. The van der Waals surface area contributed by atoms with Crippen LogP contribution in [0.3, 0.4) is 0 Å². The average molecular weight is 1080 g/mol. The molecule has 0 fully saturated rings. The molecular formula is C71H130O6. The molecule has 0 amide bonds. The van der Waals surface area contributed by atoms with E-state index >= 15 is 0 Å². The second-order valence-electron chi connectivity index (χ2n) is 23.1. The standard InChI is InChI=1S/C71H130O6/c1-4-7-10-13-16-19-22-25-28-31-33-35-37-40-43-46-49-52-55-58-61-64-70(73)76-67-68(66-75-69(72)63-60-57-54-51-48-45-42-39-30-27-24-21-18-15-12-9-6-3)77-71(74)65-62-59-56-53-50-47-44-41-38-36-34-32-29-26-23-20-17-14-11-8-5-2/h22,25,27,30-34,68H,4-21,23-24,26,28-29,35-67H2,1-3H3/b25-22-,30-27-,33-31-,34-32-. The van der Waals surface area contributed by atoms with Crippen LogP contribution in [0.1, 0.15) is 367 Å². The van der Waals surface area contributed by atoms with Gasteiger partial charge in [-0.1, -0.05) is 294 Å². The van der Waals surface area contributed by atoms with Crippen LogP contribution in [-0.2, 0) is 28.6 Å². The Morgan fingerprint density at radius 1 is 0.260 bits per heavy atom. The van der Waals surface area contributed by atoms with Crippen LogP contribution < -0.4 is 0 Å². The Bertz CT molecular complexity index is 1330. The molecule has 0 aromatic heterocycles. The van der Waals surface area contributed by atoms with Gasteiger partial charge in [0.1, 0.15) is 13.2 Å². The second kappa shape index (κ2) is 65.9. The molecule has 6 heteroatoms. The van der Waals surface area contributed by atoms with E-state index in [-0.39, 0.29) is 31.1 Å². The molecule has 0 aromatic carbocycles. The van der Waals surface area contributed by atoms with Gasteiger partial charge in [0.05, 0.1) is 0 Å². The molecule has 77 heavy (non-hydrogen) atoms. The summed E-state index contributed by atoms with van der Waals surface area (Å²) in [5.41, 5.74) is 0. The van der Waals surface area contributed by atoms with Gasteiger partial charge in [0.15, 0.2) is 6.10 Å². The van der Waals surface area contributed by atoms with Crippen molar-refractivity contribution in [2.75, 3.05) is 13.2 Å². The van der Waals surface area contributed by atoms with Crippen LogP contribution in [0.2, 0.25) is 0 Å². The summed E-state index contributed by atoms with van der Waals surface area (Å²) in [5.74, 6) is -0.862. The molecule has 0 bridgehead atoms. The zero-order chi connectivity index (χ0) is 55.7. The molecule has 6 nitrogen and oxygen atoms in total. The van der Waals surface area contributed by atoms with Crippen molar-refractivity contribution in [3.63, 3.8) is 0 Å². The Hall–Kier alpha value is -2.63. The smallest absolute Gasteiger partial charge is 0.306 e. The van der Waals surface area contributed by atoms with Crippen molar-refractivity contribution < 1.29 is 28.6 Å². The van der Waals surface area contributed by atoms with E-state index in [1.54, 1.807) is 0 Å². The lowest BCUT2D eigenvalue weighted by atomic mass is 10.1. The topological polar surface area (TPSA) is 78.9 Å². The molecular weight excluding hydrogens is 949 g/mol. The highest BCUT2D eigenvalue weighted by atomic mass is 16.6. The van der Waals surface area contributed by atoms with Crippen molar-refractivity contribution in [1.29, 1.82) is 0 Å². The fraction of sp³-hybridized carbons (Fsp3) is 0.845. The molecule has 0 aliphatic carbocycles. The summed E-state index contributed by atoms with van der Waals surface area (Å²) < 4.78 is 17.0. The quantitative estimate of drug-likeness (QED) is 0.0261. The second-order valence-corrected chi connectivity index (χ2v) is 23.1. The maximum absolute atomic E-state index is 12.9. The van der Waals surface area contributed by atoms with E-state index in [1.165, 1.54) is 263 Å². The molecule has 0 heterocycles. The minimum absolute atomic E-state index is 0.0749. The highest BCUT2D eigenvalue weighted by Gasteiger charge is 2.19. The molecule has 0 saturated carbocycles. The predicted octanol–water partition coefficient (Wildman–Crippen LogP) is 23.3. The molecule has 0 radical (unpaired) electrons. The molecule has 1 unspecified atom stereocenters. The van der Waals surface area contributed by atoms with Crippen LogP contribution in [0.5, 0.6) is 0 Å². The molecule has 0 saturated heterocycles. The van der Waals surface area contributed by atoms with E-state index in [4.69, 9.17) is 14.2 Å². The minimum Gasteiger partial charge on any atom is -0.462 e. The van der Waals surface area contributed by atoms with Gasteiger partial charge in [-0.3, -0.25) is 14.4 Å². The zero-order valence-electron chi connectivity index (χ0n) is 51.7. The van der Waals surface area contributed by atoms with Crippen LogP contribution in [0.15, 0.2) is 48.6 Å². The molecule has 0 aromatic rings. The SMILES string of the molecule is CCCCCCC/C=C\C/C=C\CCCCCCCCCCCC(=O)OCC(COC(=O)CCCCCCCCC/C=C\CCCCCCCC)OC(=O)CCCCCCCCCCC/C=C\CCCCCCCCCC. The average Bonchev–Trinajstić information content (AvgIpc) is 3.43. The van der Waals surface area contributed by atoms with Crippen LogP contribution in [0, 0.1) is 0 Å². The number of carbonyl (C=O) groups is 3. The maximum Gasteiger partial charge on any atom is 0.306 e. The Labute approximate surface area is 479 Å². The fourth-order valence-corrected chi connectivity index (χ4v) is 10.1. The Kier molecular flexibility index (Phi) is 63.6. The largest absolute Gasteiger partial charge is 0.462 e. The molecule has 1 atom stereocenters. The van der Waals surface area contributed by atoms with Gasteiger partial charge < -0.3 is 14.2 Å². The number of hydrogen-bond acceptors (Lipinski definition) is 6. The minimum atomic E-state index is -0.779. The first-order chi connectivity index (χ1) is 38.0. The molecule has 0 aliphatic rings. The Morgan fingerprint density at radius 3 is 0.727 bits per heavy atom. The van der Waals surface area contributed by atoms with Gasteiger partial charge in [-0.15, -0.1) is 0 Å². The summed E-state index contributed by atoms with van der Waals surface area (Å²) in [6.07, 6.45) is 82.6. The first kappa shape index (κ1) is 74.4. The fourth-order valence-electron chi connectivity index (χ4n) is 10.1. The lowest BCUT2D eigenvalue weighted by Gasteiger charge is -2.18. The van der Waals surface area contributed by atoms with Crippen LogP contribution in [-0.4, -0.2) is 37.2 Å². The summed E-state index contributed by atoms with van der Waals surface area (Å²) in [6.45, 7) is 6.68. The van der Waals surface area contributed by atoms with Gasteiger partial charge >= 0.3 is 17.9 Å². The van der Waals surface area contributed by atoms with Gasteiger partial charge in [0, 0.05) is 19.3 Å². The van der Waals surface area contributed by atoms with Gasteiger partial charge in [-0.25, -0.2) is 0 Å². The number of allylic oxidation sites excluding steroid dienone is 8. The van der Waals surface area contributed by atoms with Gasteiger partial charge in [0.25, 0.3) is 0 Å². The molecule has 450 valence electrons. The molecule has 0 spiro atoms. The zero-order valence-corrected chi connectivity index (χ0v) is 51.7. The van der Waals surface area contributed by atoms with Crippen molar-refractivity contribution in [3.8, 4) is 0 Å². The van der Waals surface area contributed by atoms with Crippen molar-refractivity contribution in [1.82, 2.24) is 0 Å². The van der Waals surface area contributed by atoms with Crippen LogP contribution in [0.4, 0.5) is 0 Å². The van der Waals surface area contributed by atoms with Crippen molar-refractivity contribution >= 4 is 17.9 Å². The van der Waals surface area contributed by atoms with Crippen LogP contribution in [0.25, 0.3) is 0 Å². The van der Waals surface area contributed by atoms with E-state index in [1.807, 2.05) is 0 Å². The van der Waals surface area contributed by atoms with Crippen LogP contribution >= 0.6 is 0 Å². The number of hydrogen-bond donors (Lipinski definition) is 0. The third-order valence-electron chi connectivity index (χ3n) is 15.3. The summed E-state index contributed by atoms with van der Waals surface area (Å²) in [7, 11) is 0. The van der Waals surface area contributed by atoms with Gasteiger partial charge in [-0.2, -0.15) is 0 Å². The van der Waals surface area contributed by atoms with E-state index in [0.29, 0.717) is 19.3 Å². The number of esters is 3. The predicted molar refractivity (Wildman–Crippen MR) is 335 cm³/mol. The summed E-state index contributed by atoms with van der Waals surface area (Å²) in [5, 5.41) is 0. The summed E-state index contributed by atoms with van der Waals surface area (Å²) >= 11 is 0.